The summed E-state index contributed by atoms with van der Waals surface area (Å²) in [6.45, 7) is 0. The molecule has 0 saturated heterocycles. The zero-order valence-electron chi connectivity index (χ0n) is 11.2. The van der Waals surface area contributed by atoms with Crippen LogP contribution in [0.1, 0.15) is 10.4 Å². The van der Waals surface area contributed by atoms with Crippen molar-refractivity contribution in [2.24, 2.45) is 7.05 Å². The number of aryl methyl sites for hydroxylation is 1. The van der Waals surface area contributed by atoms with E-state index in [1.807, 2.05) is 35.9 Å². The maximum Gasteiger partial charge on any atom is 0.257 e. The topological polar surface area (TPSA) is 34.0 Å². The maximum absolute atomic E-state index is 13.2. The van der Waals surface area contributed by atoms with Gasteiger partial charge in [0.2, 0.25) is 0 Å². The van der Waals surface area contributed by atoms with Crippen LogP contribution in [0.25, 0.3) is 10.9 Å². The first kappa shape index (κ1) is 13.6. The van der Waals surface area contributed by atoms with Gasteiger partial charge in [0.1, 0.15) is 5.82 Å². The van der Waals surface area contributed by atoms with Crippen LogP contribution in [0.3, 0.4) is 0 Å². The summed E-state index contributed by atoms with van der Waals surface area (Å²) in [5.74, 6) is -0.771. The van der Waals surface area contributed by atoms with Gasteiger partial charge in [-0.25, -0.2) is 4.39 Å². The van der Waals surface area contributed by atoms with Crippen LogP contribution in [0.5, 0.6) is 0 Å². The van der Waals surface area contributed by atoms with Crippen LogP contribution in [-0.4, -0.2) is 10.5 Å². The van der Waals surface area contributed by atoms with Crippen molar-refractivity contribution in [2.45, 2.75) is 0 Å². The Hall–Kier alpha value is -2.33. The van der Waals surface area contributed by atoms with Gasteiger partial charge in [-0.1, -0.05) is 29.8 Å². The summed E-state index contributed by atoms with van der Waals surface area (Å²) in [6, 6.07) is 11.4. The molecule has 0 unspecified atom stereocenters. The predicted molar refractivity (Wildman–Crippen MR) is 82.3 cm³/mol. The van der Waals surface area contributed by atoms with Crippen LogP contribution in [0.4, 0.5) is 10.1 Å². The third kappa shape index (κ3) is 2.50. The first-order chi connectivity index (χ1) is 10.1. The molecule has 106 valence electrons. The van der Waals surface area contributed by atoms with Crippen molar-refractivity contribution in [2.75, 3.05) is 5.32 Å². The summed E-state index contributed by atoms with van der Waals surface area (Å²) in [6.07, 6.45) is 1.74. The van der Waals surface area contributed by atoms with Crippen molar-refractivity contribution in [1.29, 1.82) is 0 Å². The monoisotopic (exact) mass is 302 g/mol. The Morgan fingerprint density at radius 2 is 2.00 bits per heavy atom. The minimum absolute atomic E-state index is 0.259. The minimum atomic E-state index is -0.451. The highest BCUT2D eigenvalue weighted by molar-refractivity contribution is 6.34. The predicted octanol–water partition coefficient (Wildman–Crippen LogP) is 4.22. The normalized spacial score (nSPS) is 10.8. The molecule has 0 fully saturated rings. The fraction of sp³-hybridized carbons (Fsp3) is 0.0625. The SMILES string of the molecule is Cn1cc(C(=O)Nc2cc(F)ccc2Cl)c2ccccc21. The summed E-state index contributed by atoms with van der Waals surface area (Å²) in [5, 5.41) is 3.78. The van der Waals surface area contributed by atoms with Gasteiger partial charge in [-0.2, -0.15) is 0 Å². The number of rotatable bonds is 2. The van der Waals surface area contributed by atoms with E-state index in [9.17, 15) is 9.18 Å². The number of anilines is 1. The average Bonchev–Trinajstić information content (AvgIpc) is 2.81. The number of halogens is 2. The van der Waals surface area contributed by atoms with Crippen molar-refractivity contribution in [3.05, 3.63) is 65.1 Å². The number of aromatic nitrogens is 1. The maximum atomic E-state index is 13.2. The molecular weight excluding hydrogens is 291 g/mol. The quantitative estimate of drug-likeness (QED) is 0.755. The van der Waals surface area contributed by atoms with Crippen LogP contribution in [0, 0.1) is 5.82 Å². The fourth-order valence-electron chi connectivity index (χ4n) is 2.31. The lowest BCUT2D eigenvalue weighted by atomic mass is 10.1. The molecule has 5 heteroatoms. The number of carbonyl (C=O) groups excluding carboxylic acids is 1. The van der Waals surface area contributed by atoms with Gasteiger partial charge in [-0.05, 0) is 24.3 Å². The Bertz CT molecular complexity index is 841. The number of nitrogens with zero attached hydrogens (tertiary/aromatic N) is 1. The Balaban J connectivity index is 2.00. The van der Waals surface area contributed by atoms with Gasteiger partial charge in [-0.3, -0.25) is 4.79 Å². The molecule has 0 bridgehead atoms. The molecule has 3 rings (SSSR count). The van der Waals surface area contributed by atoms with Gasteiger partial charge in [0.25, 0.3) is 5.91 Å². The zero-order valence-corrected chi connectivity index (χ0v) is 12.0. The van der Waals surface area contributed by atoms with Crippen LogP contribution in [0.2, 0.25) is 5.02 Å². The van der Waals surface area contributed by atoms with Gasteiger partial charge in [0, 0.05) is 24.1 Å². The molecule has 1 N–H and O–H groups in total. The van der Waals surface area contributed by atoms with Crippen molar-refractivity contribution < 1.29 is 9.18 Å². The zero-order chi connectivity index (χ0) is 15.0. The summed E-state index contributed by atoms with van der Waals surface area (Å²) in [5.41, 5.74) is 1.73. The lowest BCUT2D eigenvalue weighted by Gasteiger charge is -2.06. The Labute approximate surface area is 125 Å². The Kier molecular flexibility index (Phi) is 3.39. The number of nitrogens with one attached hydrogen (secondary N) is 1. The highest BCUT2D eigenvalue weighted by Crippen LogP contribution is 2.25. The molecule has 0 spiro atoms. The van der Waals surface area contributed by atoms with E-state index < -0.39 is 5.82 Å². The van der Waals surface area contributed by atoms with Crippen molar-refractivity contribution in [3.63, 3.8) is 0 Å². The molecule has 1 heterocycles. The minimum Gasteiger partial charge on any atom is -0.350 e. The number of fused-ring (bicyclic) bond motifs is 1. The second-order valence-corrected chi connectivity index (χ2v) is 5.16. The van der Waals surface area contributed by atoms with Crippen molar-refractivity contribution in [1.82, 2.24) is 4.57 Å². The molecular formula is C16H12ClFN2O. The van der Waals surface area contributed by atoms with E-state index in [0.29, 0.717) is 10.6 Å². The van der Waals surface area contributed by atoms with Crippen LogP contribution in [-0.2, 0) is 7.05 Å². The van der Waals surface area contributed by atoms with E-state index in [1.165, 1.54) is 18.2 Å². The summed E-state index contributed by atoms with van der Waals surface area (Å²) in [4.78, 5) is 12.4. The largest absolute Gasteiger partial charge is 0.350 e. The van der Waals surface area contributed by atoms with Gasteiger partial charge in [0.05, 0.1) is 16.3 Å². The molecule has 21 heavy (non-hydrogen) atoms. The lowest BCUT2D eigenvalue weighted by molar-refractivity contribution is 0.102. The molecule has 1 aromatic heterocycles. The molecule has 0 saturated carbocycles. The molecule has 1 amide bonds. The van der Waals surface area contributed by atoms with Gasteiger partial charge >= 0.3 is 0 Å². The van der Waals surface area contributed by atoms with Crippen LogP contribution in [0.15, 0.2) is 48.7 Å². The van der Waals surface area contributed by atoms with Crippen LogP contribution >= 0.6 is 11.6 Å². The number of hydrogen-bond acceptors (Lipinski definition) is 1. The first-order valence-electron chi connectivity index (χ1n) is 6.37. The smallest absolute Gasteiger partial charge is 0.257 e. The second kappa shape index (κ2) is 5.22. The van der Waals surface area contributed by atoms with E-state index in [0.717, 1.165) is 10.9 Å². The Morgan fingerprint density at radius 1 is 1.24 bits per heavy atom. The summed E-state index contributed by atoms with van der Waals surface area (Å²) < 4.78 is 15.1. The Morgan fingerprint density at radius 3 is 2.81 bits per heavy atom. The number of para-hydroxylation sites is 1. The highest BCUT2D eigenvalue weighted by atomic mass is 35.5. The number of carbonyl (C=O) groups is 1. The van der Waals surface area contributed by atoms with Gasteiger partial charge < -0.3 is 9.88 Å². The molecule has 0 aliphatic rings. The fourth-order valence-corrected chi connectivity index (χ4v) is 2.47. The second-order valence-electron chi connectivity index (χ2n) is 4.75. The molecule has 3 aromatic rings. The lowest BCUT2D eigenvalue weighted by Crippen LogP contribution is -2.12. The molecule has 0 aliphatic carbocycles. The van der Waals surface area contributed by atoms with E-state index >= 15 is 0 Å². The first-order valence-corrected chi connectivity index (χ1v) is 6.74. The molecule has 0 radical (unpaired) electrons. The molecule has 2 aromatic carbocycles. The summed E-state index contributed by atoms with van der Waals surface area (Å²) in [7, 11) is 1.87. The average molecular weight is 303 g/mol. The molecule has 0 aliphatic heterocycles. The third-order valence-electron chi connectivity index (χ3n) is 3.32. The van der Waals surface area contributed by atoms with E-state index in [4.69, 9.17) is 11.6 Å². The van der Waals surface area contributed by atoms with Gasteiger partial charge in [-0.15, -0.1) is 0 Å². The van der Waals surface area contributed by atoms with E-state index in [2.05, 4.69) is 5.32 Å². The summed E-state index contributed by atoms with van der Waals surface area (Å²) >= 11 is 5.96. The van der Waals surface area contributed by atoms with E-state index in [1.54, 1.807) is 6.20 Å². The number of amides is 1. The molecule has 3 nitrogen and oxygen atoms in total. The van der Waals surface area contributed by atoms with Crippen LogP contribution < -0.4 is 5.32 Å². The highest BCUT2D eigenvalue weighted by Gasteiger charge is 2.15. The van der Waals surface area contributed by atoms with Crippen molar-refractivity contribution >= 4 is 34.1 Å². The number of benzene rings is 2. The van der Waals surface area contributed by atoms with Crippen molar-refractivity contribution in [3.8, 4) is 0 Å². The van der Waals surface area contributed by atoms with Gasteiger partial charge in [0.15, 0.2) is 0 Å². The number of hydrogen-bond donors (Lipinski definition) is 1. The standard InChI is InChI=1S/C16H12ClFN2O/c1-20-9-12(11-4-2-3-5-15(11)20)16(21)19-14-8-10(18)6-7-13(14)17/h2-9H,1H3,(H,19,21). The third-order valence-corrected chi connectivity index (χ3v) is 3.65. The van der Waals surface area contributed by atoms with E-state index in [-0.39, 0.29) is 11.6 Å². The molecule has 0 atom stereocenters.